The number of carbonyl (C=O) groups excluding carboxylic acids is 2. The first-order valence-corrected chi connectivity index (χ1v) is 9.73. The highest BCUT2D eigenvalue weighted by molar-refractivity contribution is 7.13. The molecule has 2 aromatic rings. The Morgan fingerprint density at radius 3 is 2.84 bits per heavy atom. The summed E-state index contributed by atoms with van der Waals surface area (Å²) in [4.78, 5) is 28.3. The molecule has 1 aliphatic carbocycles. The number of carbonyl (C=O) groups is 2. The first-order valence-electron chi connectivity index (χ1n) is 8.12. The smallest absolute Gasteiger partial charge is 0.272 e. The zero-order valence-electron chi connectivity index (χ0n) is 13.8. The number of anilines is 1. The quantitative estimate of drug-likeness (QED) is 0.724. The molecule has 1 fully saturated rings. The van der Waals surface area contributed by atoms with Gasteiger partial charge in [-0.1, -0.05) is 6.42 Å². The summed E-state index contributed by atoms with van der Waals surface area (Å²) in [6, 6.07) is 0.0914. The van der Waals surface area contributed by atoms with Crippen molar-refractivity contribution in [1.29, 1.82) is 0 Å². The molecule has 25 heavy (non-hydrogen) atoms. The molecule has 2 heterocycles. The van der Waals surface area contributed by atoms with Crippen LogP contribution in [0.15, 0.2) is 5.38 Å². The lowest BCUT2D eigenvalue weighted by Crippen LogP contribution is -2.41. The van der Waals surface area contributed by atoms with Crippen molar-refractivity contribution in [3.63, 3.8) is 0 Å². The van der Waals surface area contributed by atoms with Crippen LogP contribution >= 0.6 is 23.1 Å². The average Bonchev–Trinajstić information content (AvgIpc) is 3.21. The highest BCUT2D eigenvalue weighted by Gasteiger charge is 2.25. The van der Waals surface area contributed by atoms with Crippen LogP contribution in [0, 0.1) is 12.8 Å². The Bertz CT molecular complexity index is 759. The highest BCUT2D eigenvalue weighted by atomic mass is 32.1. The van der Waals surface area contributed by atoms with Crippen LogP contribution < -0.4 is 16.4 Å². The maximum absolute atomic E-state index is 12.2. The fourth-order valence-electron chi connectivity index (χ4n) is 3.02. The van der Waals surface area contributed by atoms with Gasteiger partial charge in [0.25, 0.3) is 11.8 Å². The van der Waals surface area contributed by atoms with E-state index in [9.17, 15) is 9.59 Å². The molecule has 8 nitrogen and oxygen atoms in total. The molecule has 0 saturated heterocycles. The van der Waals surface area contributed by atoms with E-state index in [1.54, 1.807) is 12.3 Å². The number of nitrogens with two attached hydrogens (primary N) is 1. The number of nitrogens with one attached hydrogen (secondary N) is 2. The third-order valence-corrected chi connectivity index (χ3v) is 5.59. The summed E-state index contributed by atoms with van der Waals surface area (Å²) in [5.41, 5.74) is 6.98. The summed E-state index contributed by atoms with van der Waals surface area (Å²) < 4.78 is 8.03. The van der Waals surface area contributed by atoms with Crippen molar-refractivity contribution in [3.05, 3.63) is 22.5 Å². The second kappa shape index (κ2) is 7.87. The molecule has 4 N–H and O–H groups in total. The monoisotopic (exact) mass is 380 g/mol. The summed E-state index contributed by atoms with van der Waals surface area (Å²) in [6.45, 7) is 2.35. The first-order chi connectivity index (χ1) is 12.0. The topological polar surface area (TPSA) is 123 Å². The zero-order chi connectivity index (χ0) is 17.8. The molecule has 10 heteroatoms. The molecule has 0 unspecified atom stereocenters. The Morgan fingerprint density at radius 1 is 1.32 bits per heavy atom. The lowest BCUT2D eigenvalue weighted by molar-refractivity contribution is 0.0897. The van der Waals surface area contributed by atoms with Crippen LogP contribution in [0.2, 0.25) is 0 Å². The van der Waals surface area contributed by atoms with E-state index < -0.39 is 0 Å². The Kier molecular flexibility index (Phi) is 5.59. The van der Waals surface area contributed by atoms with Crippen LogP contribution in [0.1, 0.15) is 52.4 Å². The summed E-state index contributed by atoms with van der Waals surface area (Å²) >= 11 is 2.30. The van der Waals surface area contributed by atoms with Crippen LogP contribution in [0.3, 0.4) is 0 Å². The largest absolute Gasteiger partial charge is 0.375 e. The van der Waals surface area contributed by atoms with Gasteiger partial charge in [0.1, 0.15) is 5.69 Å². The number of aryl methyl sites for hydroxylation is 1. The number of rotatable bonds is 5. The van der Waals surface area contributed by atoms with E-state index >= 15 is 0 Å². The van der Waals surface area contributed by atoms with E-state index in [1.165, 1.54) is 11.3 Å². The van der Waals surface area contributed by atoms with Gasteiger partial charge in [0.05, 0.1) is 17.4 Å². The van der Waals surface area contributed by atoms with Gasteiger partial charge in [0, 0.05) is 18.0 Å². The van der Waals surface area contributed by atoms with E-state index in [4.69, 9.17) is 5.73 Å². The van der Waals surface area contributed by atoms with Gasteiger partial charge in [-0.05, 0) is 32.1 Å². The fourth-order valence-corrected chi connectivity index (χ4v) is 4.11. The predicted octanol–water partition coefficient (Wildman–Crippen LogP) is 1.60. The molecule has 1 aliphatic rings. The van der Waals surface area contributed by atoms with Crippen molar-refractivity contribution in [1.82, 2.24) is 24.4 Å². The Labute approximate surface area is 153 Å². The molecular weight excluding hydrogens is 360 g/mol. The molecule has 0 aliphatic heterocycles. The van der Waals surface area contributed by atoms with Gasteiger partial charge in [0.2, 0.25) is 0 Å². The van der Waals surface area contributed by atoms with Crippen LogP contribution in [0.5, 0.6) is 0 Å². The Balaban J connectivity index is 1.48. The van der Waals surface area contributed by atoms with Gasteiger partial charge >= 0.3 is 0 Å². The average molecular weight is 380 g/mol. The minimum absolute atomic E-state index is 0.0914. The fraction of sp³-hybridized carbons (Fsp3) is 0.533. The van der Waals surface area contributed by atoms with Crippen LogP contribution in [0.25, 0.3) is 0 Å². The number of nitrogen functional groups attached to an aromatic ring is 1. The number of thiazole rings is 1. The number of aromatic nitrogens is 3. The maximum Gasteiger partial charge on any atom is 0.272 e. The zero-order valence-corrected chi connectivity index (χ0v) is 15.5. The molecule has 0 radical (unpaired) electrons. The lowest BCUT2D eigenvalue weighted by atomic mass is 9.85. The van der Waals surface area contributed by atoms with Crippen molar-refractivity contribution in [2.24, 2.45) is 5.92 Å². The molecular formula is C15H20N6O2S2. The molecule has 0 spiro atoms. The van der Waals surface area contributed by atoms with Crippen molar-refractivity contribution < 1.29 is 9.59 Å². The summed E-state index contributed by atoms with van der Waals surface area (Å²) in [5, 5.41) is 8.00. The van der Waals surface area contributed by atoms with Gasteiger partial charge in [0.15, 0.2) is 10.8 Å². The SMILES string of the molecule is Cc1nsnc1C(=O)NC[C@@H]1CCC[C@H](NC(=O)c2csc(N)n2)C1. The molecule has 134 valence electrons. The number of nitrogens with zero attached hydrogens (tertiary/aromatic N) is 3. The number of amides is 2. The van der Waals surface area contributed by atoms with Crippen molar-refractivity contribution >= 4 is 40.0 Å². The molecule has 1 saturated carbocycles. The highest BCUT2D eigenvalue weighted by Crippen LogP contribution is 2.24. The maximum atomic E-state index is 12.2. The third kappa shape index (κ3) is 4.51. The molecule has 0 aromatic carbocycles. The van der Waals surface area contributed by atoms with Gasteiger partial charge < -0.3 is 16.4 Å². The first kappa shape index (κ1) is 17.7. The second-order valence-electron chi connectivity index (χ2n) is 6.18. The third-order valence-electron chi connectivity index (χ3n) is 4.29. The van der Waals surface area contributed by atoms with E-state index in [2.05, 4.69) is 24.4 Å². The Hall–Kier alpha value is -2.07. The van der Waals surface area contributed by atoms with Gasteiger partial charge in [-0.3, -0.25) is 9.59 Å². The number of hydrogen-bond donors (Lipinski definition) is 3. The summed E-state index contributed by atoms with van der Waals surface area (Å²) in [6.07, 6.45) is 3.82. The van der Waals surface area contributed by atoms with Gasteiger partial charge in [-0.25, -0.2) is 4.98 Å². The van der Waals surface area contributed by atoms with Crippen molar-refractivity contribution in [2.45, 2.75) is 38.6 Å². The van der Waals surface area contributed by atoms with E-state index in [1.807, 2.05) is 0 Å². The van der Waals surface area contributed by atoms with E-state index in [0.717, 1.165) is 37.4 Å². The van der Waals surface area contributed by atoms with Crippen LogP contribution in [-0.4, -0.2) is 38.1 Å². The minimum atomic E-state index is -0.188. The summed E-state index contributed by atoms with van der Waals surface area (Å²) in [7, 11) is 0. The van der Waals surface area contributed by atoms with Crippen molar-refractivity contribution in [3.8, 4) is 0 Å². The van der Waals surface area contributed by atoms with Gasteiger partial charge in [-0.2, -0.15) is 8.75 Å². The molecule has 2 aromatic heterocycles. The van der Waals surface area contributed by atoms with Crippen LogP contribution in [0.4, 0.5) is 5.13 Å². The van der Waals surface area contributed by atoms with Crippen LogP contribution in [-0.2, 0) is 0 Å². The van der Waals surface area contributed by atoms with Crippen molar-refractivity contribution in [2.75, 3.05) is 12.3 Å². The molecule has 0 bridgehead atoms. The second-order valence-corrected chi connectivity index (χ2v) is 7.60. The van der Waals surface area contributed by atoms with Gasteiger partial charge in [-0.15, -0.1) is 11.3 Å². The van der Waals surface area contributed by atoms with E-state index in [0.29, 0.717) is 34.7 Å². The standard InChI is InChI=1S/C15H20N6O2S2/c1-8-12(21-25-20-8)14(23)17-6-9-3-2-4-10(5-9)18-13(22)11-7-24-15(16)19-11/h7,9-10H,2-6H2,1H3,(H2,16,19)(H,17,23)(H,18,22)/t9-,10+/m1/s1. The summed E-state index contributed by atoms with van der Waals surface area (Å²) in [5.74, 6) is -0.0439. The Morgan fingerprint density at radius 2 is 2.16 bits per heavy atom. The molecule has 3 rings (SSSR count). The minimum Gasteiger partial charge on any atom is -0.375 e. The number of hydrogen-bond acceptors (Lipinski definition) is 8. The van der Waals surface area contributed by atoms with E-state index in [-0.39, 0.29) is 17.9 Å². The molecule has 2 amide bonds. The molecule has 2 atom stereocenters. The predicted molar refractivity (Wildman–Crippen MR) is 96.7 cm³/mol. The lowest BCUT2D eigenvalue weighted by Gasteiger charge is -2.29. The normalized spacial score (nSPS) is 20.2.